The van der Waals surface area contributed by atoms with Crippen LogP contribution in [0.25, 0.3) is 0 Å². The van der Waals surface area contributed by atoms with Crippen LogP contribution >= 0.6 is 15.9 Å². The van der Waals surface area contributed by atoms with E-state index >= 15 is 0 Å². The third-order valence-electron chi connectivity index (χ3n) is 4.21. The van der Waals surface area contributed by atoms with Gasteiger partial charge in [-0.05, 0) is 41.6 Å². The first kappa shape index (κ1) is 16.2. The molecule has 1 aliphatic carbocycles. The molecule has 0 radical (unpaired) electrons. The number of aliphatic hydroxyl groups is 1. The minimum absolute atomic E-state index is 0.0116. The fourth-order valence-corrected chi connectivity index (χ4v) is 3.45. The summed E-state index contributed by atoms with van der Waals surface area (Å²) < 4.78 is 0.586. The van der Waals surface area contributed by atoms with Gasteiger partial charge in [-0.3, -0.25) is 10.1 Å². The van der Waals surface area contributed by atoms with E-state index in [1.165, 1.54) is 6.20 Å². The average molecular weight is 358 g/mol. The van der Waals surface area contributed by atoms with Crippen LogP contribution in [0.5, 0.6) is 0 Å². The fraction of sp³-hybridized carbons (Fsp3) is 0.643. The Morgan fingerprint density at radius 2 is 2.38 bits per heavy atom. The second-order valence-electron chi connectivity index (χ2n) is 5.95. The monoisotopic (exact) mass is 357 g/mol. The van der Waals surface area contributed by atoms with Gasteiger partial charge in [-0.25, -0.2) is 4.98 Å². The lowest BCUT2D eigenvalue weighted by Gasteiger charge is -2.40. The molecule has 1 saturated carbocycles. The largest absolute Gasteiger partial charge is 0.394 e. The Kier molecular flexibility index (Phi) is 4.83. The highest BCUT2D eigenvalue weighted by molar-refractivity contribution is 9.10. The van der Waals surface area contributed by atoms with E-state index in [-0.39, 0.29) is 12.3 Å². The van der Waals surface area contributed by atoms with Crippen LogP contribution in [0.1, 0.15) is 38.2 Å². The van der Waals surface area contributed by atoms with E-state index < -0.39 is 10.5 Å². The molecule has 0 aromatic carbocycles. The number of aliphatic hydroxyl groups excluding tert-OH is 1. The molecule has 6 nitrogen and oxygen atoms in total. The van der Waals surface area contributed by atoms with Crippen molar-refractivity contribution in [1.82, 2.24) is 4.98 Å². The van der Waals surface area contributed by atoms with Gasteiger partial charge in [0, 0.05) is 5.56 Å². The van der Waals surface area contributed by atoms with Crippen molar-refractivity contribution in [3.63, 3.8) is 0 Å². The molecule has 2 N–H and O–H groups in total. The van der Waals surface area contributed by atoms with Crippen molar-refractivity contribution < 1.29 is 10.0 Å². The molecule has 7 heteroatoms. The first-order chi connectivity index (χ1) is 9.88. The van der Waals surface area contributed by atoms with Crippen molar-refractivity contribution >= 4 is 27.4 Å². The molecular formula is C14H20BrN3O3. The highest BCUT2D eigenvalue weighted by atomic mass is 79.9. The first-order valence-corrected chi connectivity index (χ1v) is 7.86. The number of aromatic nitrogens is 1. The lowest BCUT2D eigenvalue weighted by molar-refractivity contribution is -0.385. The Morgan fingerprint density at radius 3 is 2.95 bits per heavy atom. The van der Waals surface area contributed by atoms with Crippen molar-refractivity contribution in [3.8, 4) is 0 Å². The second-order valence-corrected chi connectivity index (χ2v) is 6.75. The Morgan fingerprint density at radius 1 is 1.67 bits per heavy atom. The molecule has 0 amide bonds. The summed E-state index contributed by atoms with van der Waals surface area (Å²) in [6, 6.07) is 0. The van der Waals surface area contributed by atoms with Crippen molar-refractivity contribution in [2.75, 3.05) is 11.9 Å². The predicted octanol–water partition coefficient (Wildman–Crippen LogP) is 3.41. The van der Waals surface area contributed by atoms with Crippen molar-refractivity contribution in [2.45, 2.75) is 45.1 Å². The Labute approximate surface area is 132 Å². The molecule has 0 saturated heterocycles. The third-order valence-corrected chi connectivity index (χ3v) is 5.18. The van der Waals surface area contributed by atoms with Gasteiger partial charge in [-0.1, -0.05) is 19.8 Å². The summed E-state index contributed by atoms with van der Waals surface area (Å²) in [5.74, 6) is 1.09. The van der Waals surface area contributed by atoms with E-state index in [4.69, 9.17) is 0 Å². The number of hydrogen-bond acceptors (Lipinski definition) is 5. The summed E-state index contributed by atoms with van der Waals surface area (Å²) in [5, 5.41) is 24.1. The molecule has 0 bridgehead atoms. The second kappa shape index (κ2) is 6.27. The van der Waals surface area contributed by atoms with Crippen LogP contribution < -0.4 is 5.32 Å². The van der Waals surface area contributed by atoms with E-state index in [0.29, 0.717) is 21.8 Å². The van der Waals surface area contributed by atoms with Gasteiger partial charge in [-0.2, -0.15) is 0 Å². The van der Waals surface area contributed by atoms with Crippen molar-refractivity contribution in [1.29, 1.82) is 0 Å². The lowest BCUT2D eigenvalue weighted by Crippen LogP contribution is -2.46. The van der Waals surface area contributed by atoms with Gasteiger partial charge in [0.1, 0.15) is 12.0 Å². The van der Waals surface area contributed by atoms with Crippen LogP contribution in [0.3, 0.4) is 0 Å². The lowest BCUT2D eigenvalue weighted by atomic mass is 9.77. The standard InChI is InChI=1S/C14H20BrN3O3/c1-9-4-3-5-14(6-9,8-19)17-13-12(15)10(2)11(7-16-13)18(20)21/h7,9,19H,3-6,8H2,1-2H3,(H,16,17). The van der Waals surface area contributed by atoms with Crippen LogP contribution in [0.2, 0.25) is 0 Å². The summed E-state index contributed by atoms with van der Waals surface area (Å²) in [7, 11) is 0. The minimum atomic E-state index is -0.443. The number of halogens is 1. The number of nitro groups is 1. The zero-order valence-electron chi connectivity index (χ0n) is 12.2. The summed E-state index contributed by atoms with van der Waals surface area (Å²) in [5.41, 5.74) is 0.132. The molecule has 1 aromatic heterocycles. The molecule has 116 valence electrons. The third kappa shape index (κ3) is 3.35. The molecule has 21 heavy (non-hydrogen) atoms. The van der Waals surface area contributed by atoms with Gasteiger partial charge in [0.2, 0.25) is 0 Å². The molecule has 2 atom stereocenters. The van der Waals surface area contributed by atoms with Gasteiger partial charge in [0.25, 0.3) is 5.69 Å². The Bertz CT molecular complexity index is 553. The molecule has 1 heterocycles. The highest BCUT2D eigenvalue weighted by Gasteiger charge is 2.35. The van der Waals surface area contributed by atoms with Gasteiger partial charge in [0.15, 0.2) is 0 Å². The molecule has 1 aromatic rings. The molecule has 1 fully saturated rings. The zero-order chi connectivity index (χ0) is 15.6. The summed E-state index contributed by atoms with van der Waals surface area (Å²) >= 11 is 3.38. The first-order valence-electron chi connectivity index (χ1n) is 7.07. The smallest absolute Gasteiger partial charge is 0.291 e. The van der Waals surface area contributed by atoms with Crippen LogP contribution in [0.15, 0.2) is 10.7 Å². The quantitative estimate of drug-likeness (QED) is 0.636. The van der Waals surface area contributed by atoms with Gasteiger partial charge >= 0.3 is 0 Å². The van der Waals surface area contributed by atoms with Crippen LogP contribution in [0, 0.1) is 23.0 Å². The van der Waals surface area contributed by atoms with Crippen LogP contribution in [0.4, 0.5) is 11.5 Å². The maximum Gasteiger partial charge on any atom is 0.291 e. The van der Waals surface area contributed by atoms with E-state index in [0.717, 1.165) is 25.7 Å². The van der Waals surface area contributed by atoms with Crippen LogP contribution in [-0.4, -0.2) is 27.2 Å². The van der Waals surface area contributed by atoms with Gasteiger partial charge < -0.3 is 10.4 Å². The average Bonchev–Trinajstić information content (AvgIpc) is 2.44. The number of nitrogens with one attached hydrogen (secondary N) is 1. The van der Waals surface area contributed by atoms with Crippen molar-refractivity contribution in [3.05, 3.63) is 26.3 Å². The maximum atomic E-state index is 10.9. The van der Waals surface area contributed by atoms with E-state index in [2.05, 4.69) is 33.2 Å². The zero-order valence-corrected chi connectivity index (χ0v) is 13.8. The molecule has 0 spiro atoms. The predicted molar refractivity (Wildman–Crippen MR) is 84.4 cm³/mol. The summed E-state index contributed by atoms with van der Waals surface area (Å²) in [6.45, 7) is 3.89. The van der Waals surface area contributed by atoms with E-state index in [9.17, 15) is 15.2 Å². The highest BCUT2D eigenvalue weighted by Crippen LogP contribution is 2.37. The normalized spacial score (nSPS) is 25.6. The number of anilines is 1. The number of rotatable bonds is 4. The van der Waals surface area contributed by atoms with Gasteiger partial charge in [-0.15, -0.1) is 0 Å². The van der Waals surface area contributed by atoms with Crippen molar-refractivity contribution in [2.24, 2.45) is 5.92 Å². The van der Waals surface area contributed by atoms with Crippen LogP contribution in [-0.2, 0) is 0 Å². The number of nitrogens with zero attached hydrogens (tertiary/aromatic N) is 2. The number of pyridine rings is 1. The topological polar surface area (TPSA) is 88.3 Å². The maximum absolute atomic E-state index is 10.9. The fourth-order valence-electron chi connectivity index (χ4n) is 3.05. The molecule has 2 unspecified atom stereocenters. The molecule has 0 aliphatic heterocycles. The SMILES string of the molecule is Cc1c([N+](=O)[O-])cnc(NC2(CO)CCCC(C)C2)c1Br. The van der Waals surface area contributed by atoms with E-state index in [1.54, 1.807) is 6.92 Å². The molecule has 2 rings (SSSR count). The Balaban J connectivity index is 2.30. The van der Waals surface area contributed by atoms with Gasteiger partial charge in [0.05, 0.1) is 21.5 Å². The molecular weight excluding hydrogens is 338 g/mol. The Hall–Kier alpha value is -1.21. The number of hydrogen-bond donors (Lipinski definition) is 2. The summed E-state index contributed by atoms with van der Waals surface area (Å²) in [4.78, 5) is 14.6. The summed E-state index contributed by atoms with van der Waals surface area (Å²) in [6.07, 6.45) is 5.22. The molecule has 1 aliphatic rings. The minimum Gasteiger partial charge on any atom is -0.394 e. The van der Waals surface area contributed by atoms with E-state index in [1.807, 2.05) is 0 Å².